The monoisotopic (exact) mass is 532 g/mol. The first kappa shape index (κ1) is 27.5. The lowest BCUT2D eigenvalue weighted by molar-refractivity contribution is -0.153. The average molecular weight is 533 g/mol. The average Bonchev–Trinajstić information content (AvgIpc) is 2.87. The molecule has 0 aliphatic heterocycles. The minimum Gasteiger partial charge on any atom is -0.484 e. The van der Waals surface area contributed by atoms with Crippen LogP contribution in [0.1, 0.15) is 27.8 Å². The Morgan fingerprint density at radius 2 is 1.34 bits per heavy atom. The third-order valence-electron chi connectivity index (χ3n) is 6.28. The van der Waals surface area contributed by atoms with E-state index in [1.807, 2.05) is 12.1 Å². The first-order valence-corrected chi connectivity index (χ1v) is 12.1. The number of rotatable bonds is 10. The van der Waals surface area contributed by atoms with Crippen molar-refractivity contribution in [3.05, 3.63) is 112 Å². The highest BCUT2D eigenvalue weighted by molar-refractivity contribution is 5.84. The maximum Gasteiger partial charge on any atom is 0.422 e. The second-order valence-corrected chi connectivity index (χ2v) is 9.11. The standard InChI is InChI=1S/C30H26F6O2/c1-37-17-21-15-27(31)26(28(32)16-21)13-6-20-5-12-25-23(14-20)9-8-22(29(25)33)7-2-19-3-10-24(11-4-19)38-18-30(34,35)36/h3-5,8-12,14-16H,2,6-7,13,17-18H2,1H3. The molecule has 38 heavy (non-hydrogen) atoms. The van der Waals surface area contributed by atoms with E-state index in [0.29, 0.717) is 41.2 Å². The predicted octanol–water partition coefficient (Wildman–Crippen LogP) is 7.92. The summed E-state index contributed by atoms with van der Waals surface area (Å²) in [4.78, 5) is 0. The molecule has 0 saturated carbocycles. The first-order valence-electron chi connectivity index (χ1n) is 12.1. The largest absolute Gasteiger partial charge is 0.484 e. The second kappa shape index (κ2) is 11.9. The van der Waals surface area contributed by atoms with Gasteiger partial charge in [0, 0.05) is 18.1 Å². The summed E-state index contributed by atoms with van der Waals surface area (Å²) in [7, 11) is 1.46. The molecule has 0 fully saturated rings. The number of aryl methyl sites for hydroxylation is 3. The van der Waals surface area contributed by atoms with E-state index in [9.17, 15) is 22.0 Å². The molecule has 0 atom stereocenters. The maximum atomic E-state index is 15.2. The first-order chi connectivity index (χ1) is 18.1. The molecule has 2 nitrogen and oxygen atoms in total. The van der Waals surface area contributed by atoms with Crippen LogP contribution in [0.5, 0.6) is 5.75 Å². The molecule has 0 unspecified atom stereocenters. The molecule has 0 bridgehead atoms. The summed E-state index contributed by atoms with van der Waals surface area (Å²) in [5.74, 6) is -1.45. The highest BCUT2D eigenvalue weighted by atomic mass is 19.4. The van der Waals surface area contributed by atoms with Gasteiger partial charge in [-0.3, -0.25) is 0 Å². The number of fused-ring (bicyclic) bond motifs is 1. The summed E-state index contributed by atoms with van der Waals surface area (Å²) >= 11 is 0. The Morgan fingerprint density at radius 3 is 2.00 bits per heavy atom. The third-order valence-corrected chi connectivity index (χ3v) is 6.28. The van der Waals surface area contributed by atoms with Gasteiger partial charge in [-0.1, -0.05) is 42.5 Å². The van der Waals surface area contributed by atoms with Crippen molar-refractivity contribution in [2.45, 2.75) is 38.5 Å². The molecule has 4 aromatic rings. The summed E-state index contributed by atoms with van der Waals surface area (Å²) in [5, 5.41) is 1.13. The minimum atomic E-state index is -4.40. The van der Waals surface area contributed by atoms with Gasteiger partial charge >= 0.3 is 6.18 Å². The van der Waals surface area contributed by atoms with Crippen molar-refractivity contribution in [3.63, 3.8) is 0 Å². The number of hydrogen-bond acceptors (Lipinski definition) is 2. The Hall–Kier alpha value is -3.52. The summed E-state index contributed by atoms with van der Waals surface area (Å²) in [5.41, 5.74) is 2.62. The normalized spacial score (nSPS) is 11.8. The Bertz CT molecular complexity index is 1370. The lowest BCUT2D eigenvalue weighted by Gasteiger charge is -2.11. The van der Waals surface area contributed by atoms with E-state index in [1.54, 1.807) is 30.3 Å². The van der Waals surface area contributed by atoms with Crippen LogP contribution in [0.25, 0.3) is 10.8 Å². The van der Waals surface area contributed by atoms with Gasteiger partial charge in [0.2, 0.25) is 0 Å². The van der Waals surface area contributed by atoms with Crippen LogP contribution < -0.4 is 4.74 Å². The number of alkyl halides is 3. The second-order valence-electron chi connectivity index (χ2n) is 9.11. The van der Waals surface area contributed by atoms with Crippen molar-refractivity contribution < 1.29 is 35.8 Å². The molecule has 0 heterocycles. The number of methoxy groups -OCH3 is 1. The van der Waals surface area contributed by atoms with Crippen molar-refractivity contribution in [3.8, 4) is 5.75 Å². The molecule has 0 aromatic heterocycles. The van der Waals surface area contributed by atoms with Crippen molar-refractivity contribution in [2.24, 2.45) is 0 Å². The number of hydrogen-bond donors (Lipinski definition) is 0. The predicted molar refractivity (Wildman–Crippen MR) is 134 cm³/mol. The van der Waals surface area contributed by atoms with Crippen LogP contribution in [0.15, 0.2) is 66.7 Å². The fourth-order valence-corrected chi connectivity index (χ4v) is 4.35. The molecule has 0 N–H and O–H groups in total. The van der Waals surface area contributed by atoms with E-state index in [-0.39, 0.29) is 30.2 Å². The summed E-state index contributed by atoms with van der Waals surface area (Å²) in [6.07, 6.45) is -2.94. The Kier molecular flexibility index (Phi) is 8.62. The minimum absolute atomic E-state index is 0.00595. The number of ether oxygens (including phenoxy) is 2. The van der Waals surface area contributed by atoms with Gasteiger partial charge < -0.3 is 9.47 Å². The zero-order valence-electron chi connectivity index (χ0n) is 20.7. The Labute approximate surface area is 216 Å². The fourth-order valence-electron chi connectivity index (χ4n) is 4.35. The molecule has 4 rings (SSSR count). The van der Waals surface area contributed by atoms with E-state index in [4.69, 9.17) is 9.47 Å². The highest BCUT2D eigenvalue weighted by Crippen LogP contribution is 2.26. The van der Waals surface area contributed by atoms with E-state index in [0.717, 1.165) is 11.1 Å². The zero-order valence-corrected chi connectivity index (χ0v) is 20.7. The number of halogens is 6. The van der Waals surface area contributed by atoms with Gasteiger partial charge in [-0.15, -0.1) is 0 Å². The quantitative estimate of drug-likeness (QED) is 0.193. The molecule has 0 amide bonds. The Morgan fingerprint density at radius 1 is 0.684 bits per heavy atom. The molecule has 4 aromatic carbocycles. The van der Waals surface area contributed by atoms with E-state index in [2.05, 4.69) is 0 Å². The van der Waals surface area contributed by atoms with Crippen LogP contribution in [-0.2, 0) is 37.0 Å². The van der Waals surface area contributed by atoms with E-state index >= 15 is 4.39 Å². The molecule has 8 heteroatoms. The highest BCUT2D eigenvalue weighted by Gasteiger charge is 2.28. The van der Waals surface area contributed by atoms with E-state index in [1.165, 1.54) is 31.4 Å². The molecule has 0 saturated heterocycles. The van der Waals surface area contributed by atoms with Gasteiger partial charge in [-0.25, -0.2) is 13.2 Å². The van der Waals surface area contributed by atoms with Crippen LogP contribution in [0.4, 0.5) is 26.3 Å². The van der Waals surface area contributed by atoms with Gasteiger partial charge in [0.05, 0.1) is 6.61 Å². The molecule has 0 aliphatic rings. The van der Waals surface area contributed by atoms with Crippen LogP contribution in [0.3, 0.4) is 0 Å². The van der Waals surface area contributed by atoms with Crippen LogP contribution in [-0.4, -0.2) is 19.9 Å². The van der Waals surface area contributed by atoms with Crippen molar-refractivity contribution >= 4 is 10.8 Å². The van der Waals surface area contributed by atoms with Crippen LogP contribution >= 0.6 is 0 Å². The van der Waals surface area contributed by atoms with E-state index < -0.39 is 24.4 Å². The van der Waals surface area contributed by atoms with Crippen LogP contribution in [0.2, 0.25) is 0 Å². The van der Waals surface area contributed by atoms with Gasteiger partial charge in [0.1, 0.15) is 23.2 Å². The lowest BCUT2D eigenvalue weighted by atomic mass is 9.97. The molecule has 0 spiro atoms. The Balaban J connectivity index is 1.40. The smallest absolute Gasteiger partial charge is 0.422 e. The fraction of sp³-hybridized carbons (Fsp3) is 0.267. The van der Waals surface area contributed by atoms with Gasteiger partial charge in [-0.05, 0) is 77.6 Å². The van der Waals surface area contributed by atoms with Gasteiger partial charge in [-0.2, -0.15) is 13.2 Å². The molecular formula is C30H26F6O2. The van der Waals surface area contributed by atoms with Crippen molar-refractivity contribution in [1.29, 1.82) is 0 Å². The number of benzene rings is 4. The van der Waals surface area contributed by atoms with Crippen molar-refractivity contribution in [1.82, 2.24) is 0 Å². The van der Waals surface area contributed by atoms with Crippen molar-refractivity contribution in [2.75, 3.05) is 13.7 Å². The van der Waals surface area contributed by atoms with Gasteiger partial charge in [0.15, 0.2) is 6.61 Å². The van der Waals surface area contributed by atoms with Crippen LogP contribution in [0, 0.1) is 17.5 Å². The molecule has 0 aliphatic carbocycles. The molecule has 0 radical (unpaired) electrons. The summed E-state index contributed by atoms with van der Waals surface area (Å²) in [6, 6.07) is 17.6. The molecule has 200 valence electrons. The lowest BCUT2D eigenvalue weighted by Crippen LogP contribution is -2.19. The maximum absolute atomic E-state index is 15.2. The third kappa shape index (κ3) is 7.07. The zero-order chi connectivity index (χ0) is 27.3. The summed E-state index contributed by atoms with van der Waals surface area (Å²) < 4.78 is 90.4. The SMILES string of the molecule is COCc1cc(F)c(CCc2ccc3c(F)c(CCc4ccc(OCC(F)(F)F)cc4)ccc3c2)c(F)c1. The van der Waals surface area contributed by atoms with Gasteiger partial charge in [0.25, 0.3) is 0 Å². The summed E-state index contributed by atoms with van der Waals surface area (Å²) in [6.45, 7) is -1.23. The molecular weight excluding hydrogens is 506 g/mol. The topological polar surface area (TPSA) is 18.5 Å².